The van der Waals surface area contributed by atoms with Gasteiger partial charge in [0.15, 0.2) is 5.69 Å². The average molecular weight is 559 g/mol. The van der Waals surface area contributed by atoms with Gasteiger partial charge in [-0.25, -0.2) is 10.1 Å². The molecular formula is C22H26N10O4S2. The Morgan fingerprint density at radius 2 is 2.21 bits per heavy atom. The highest BCUT2D eigenvalue weighted by molar-refractivity contribution is 8.38. The SMILES string of the molecule is COc1ccc(/C=N\NC(=O)c2c(CN3CCOCC3)nnn2-c2nonc2N)cc1CSC1=NCCS1. The molecule has 0 unspecified atom stereocenters. The molecule has 4 heterocycles. The summed E-state index contributed by atoms with van der Waals surface area (Å²) in [6.07, 6.45) is 1.56. The Morgan fingerprint density at radius 3 is 2.95 bits per heavy atom. The van der Waals surface area contributed by atoms with Crippen LogP contribution < -0.4 is 15.9 Å². The molecule has 3 N–H and O–H groups in total. The summed E-state index contributed by atoms with van der Waals surface area (Å²) >= 11 is 3.44. The Hall–Kier alpha value is -3.47. The quantitative estimate of drug-likeness (QED) is 0.284. The molecule has 5 rings (SSSR count). The topological polar surface area (TPSA) is 171 Å². The molecule has 1 amide bonds. The lowest BCUT2D eigenvalue weighted by molar-refractivity contribution is 0.0335. The fourth-order valence-electron chi connectivity index (χ4n) is 3.86. The van der Waals surface area contributed by atoms with Crippen molar-refractivity contribution in [3.8, 4) is 11.6 Å². The van der Waals surface area contributed by atoms with Crippen molar-refractivity contribution in [2.24, 2.45) is 10.1 Å². The molecule has 2 aliphatic rings. The number of carbonyl (C=O) groups excluding carboxylic acids is 1. The van der Waals surface area contributed by atoms with Crippen LogP contribution >= 0.6 is 23.5 Å². The van der Waals surface area contributed by atoms with Crippen molar-refractivity contribution in [1.29, 1.82) is 0 Å². The first kappa shape index (κ1) is 26.1. The van der Waals surface area contributed by atoms with Gasteiger partial charge in [-0.05, 0) is 34.1 Å². The number of aromatic nitrogens is 5. The van der Waals surface area contributed by atoms with Crippen molar-refractivity contribution in [3.63, 3.8) is 0 Å². The monoisotopic (exact) mass is 558 g/mol. The van der Waals surface area contributed by atoms with Crippen LogP contribution in [0, 0.1) is 0 Å². The highest BCUT2D eigenvalue weighted by Gasteiger charge is 2.26. The van der Waals surface area contributed by atoms with Crippen LogP contribution in [0.2, 0.25) is 0 Å². The summed E-state index contributed by atoms with van der Waals surface area (Å²) in [5, 5.41) is 19.8. The van der Waals surface area contributed by atoms with Crippen LogP contribution in [0.25, 0.3) is 5.82 Å². The summed E-state index contributed by atoms with van der Waals surface area (Å²) in [5.41, 5.74) is 10.8. The van der Waals surface area contributed by atoms with Gasteiger partial charge in [-0.2, -0.15) is 9.78 Å². The molecule has 14 nitrogen and oxygen atoms in total. The highest BCUT2D eigenvalue weighted by Crippen LogP contribution is 2.29. The third-order valence-electron chi connectivity index (χ3n) is 5.72. The fourth-order valence-corrected chi connectivity index (χ4v) is 5.84. The molecule has 0 saturated carbocycles. The van der Waals surface area contributed by atoms with Gasteiger partial charge in [0, 0.05) is 36.7 Å². The minimum absolute atomic E-state index is 0.0176. The molecule has 0 aliphatic carbocycles. The van der Waals surface area contributed by atoms with Gasteiger partial charge in [0.25, 0.3) is 5.91 Å². The van der Waals surface area contributed by atoms with Crippen molar-refractivity contribution in [2.45, 2.75) is 12.3 Å². The maximum Gasteiger partial charge on any atom is 0.292 e. The largest absolute Gasteiger partial charge is 0.496 e. The lowest BCUT2D eigenvalue weighted by atomic mass is 10.1. The molecule has 2 aromatic heterocycles. The maximum atomic E-state index is 13.3. The molecule has 38 heavy (non-hydrogen) atoms. The number of hydrogen-bond donors (Lipinski definition) is 2. The number of rotatable bonds is 9. The number of methoxy groups -OCH3 is 1. The van der Waals surface area contributed by atoms with Gasteiger partial charge in [-0.3, -0.25) is 14.7 Å². The summed E-state index contributed by atoms with van der Waals surface area (Å²) < 4.78 is 17.9. The predicted molar refractivity (Wildman–Crippen MR) is 144 cm³/mol. The molecule has 2 aliphatic heterocycles. The zero-order valence-electron chi connectivity index (χ0n) is 20.6. The second kappa shape index (κ2) is 12.4. The number of nitrogens with one attached hydrogen (secondary N) is 1. The molecule has 0 bridgehead atoms. The molecule has 0 radical (unpaired) electrons. The summed E-state index contributed by atoms with van der Waals surface area (Å²) in [5.74, 6) is 2.04. The van der Waals surface area contributed by atoms with Crippen molar-refractivity contribution in [3.05, 3.63) is 40.7 Å². The van der Waals surface area contributed by atoms with E-state index in [0.29, 0.717) is 44.3 Å². The number of nitrogens with two attached hydrogens (primary N) is 1. The summed E-state index contributed by atoms with van der Waals surface area (Å²) in [6.45, 7) is 3.89. The first-order valence-corrected chi connectivity index (χ1v) is 13.7. The second-order valence-corrected chi connectivity index (χ2v) is 10.5. The Bertz CT molecular complexity index is 1340. The number of thioether (sulfide) groups is 2. The van der Waals surface area contributed by atoms with Crippen molar-refractivity contribution in [1.82, 2.24) is 35.6 Å². The Labute approximate surface area is 226 Å². The van der Waals surface area contributed by atoms with Crippen LogP contribution in [-0.4, -0.2) is 92.4 Å². The van der Waals surface area contributed by atoms with E-state index in [4.69, 9.17) is 19.8 Å². The number of nitrogens with zero attached hydrogens (tertiary/aromatic N) is 8. The van der Waals surface area contributed by atoms with Gasteiger partial charge < -0.3 is 15.2 Å². The number of hydrogen-bond acceptors (Lipinski definition) is 14. The number of nitrogen functional groups attached to an aromatic ring is 1. The number of aliphatic imine (C=N–C) groups is 1. The minimum Gasteiger partial charge on any atom is -0.496 e. The predicted octanol–water partition coefficient (Wildman–Crippen LogP) is 1.17. The number of amides is 1. The molecule has 0 atom stereocenters. The van der Waals surface area contributed by atoms with Crippen LogP contribution in [-0.2, 0) is 17.0 Å². The van der Waals surface area contributed by atoms with E-state index in [-0.39, 0.29) is 17.3 Å². The third kappa shape index (κ3) is 6.15. The lowest BCUT2D eigenvalue weighted by Gasteiger charge is -2.25. The molecule has 0 spiro atoms. The van der Waals surface area contributed by atoms with Gasteiger partial charge in [0.2, 0.25) is 11.6 Å². The highest BCUT2D eigenvalue weighted by atomic mass is 32.2. The fraction of sp³-hybridized carbons (Fsp3) is 0.409. The maximum absolute atomic E-state index is 13.3. The van der Waals surface area contributed by atoms with Gasteiger partial charge in [-0.1, -0.05) is 28.7 Å². The zero-order chi connectivity index (χ0) is 26.3. The number of carbonyl (C=O) groups is 1. The van der Waals surface area contributed by atoms with Gasteiger partial charge in [-0.15, -0.1) is 5.10 Å². The van der Waals surface area contributed by atoms with E-state index in [2.05, 4.69) is 41.0 Å². The summed E-state index contributed by atoms with van der Waals surface area (Å²) in [7, 11) is 1.64. The zero-order valence-corrected chi connectivity index (χ0v) is 22.2. The summed E-state index contributed by atoms with van der Waals surface area (Å²) in [4.78, 5) is 19.9. The number of benzene rings is 1. The molecule has 200 valence electrons. The van der Waals surface area contributed by atoms with E-state index in [9.17, 15) is 4.79 Å². The second-order valence-electron chi connectivity index (χ2n) is 8.21. The van der Waals surface area contributed by atoms with E-state index in [0.717, 1.165) is 33.5 Å². The molecular weight excluding hydrogens is 532 g/mol. The summed E-state index contributed by atoms with van der Waals surface area (Å²) in [6, 6.07) is 5.71. The van der Waals surface area contributed by atoms with Gasteiger partial charge in [0.05, 0.1) is 33.1 Å². The minimum atomic E-state index is -0.530. The molecule has 1 fully saturated rings. The average Bonchev–Trinajstić information content (AvgIpc) is 3.69. The first-order chi connectivity index (χ1) is 18.6. The van der Waals surface area contributed by atoms with E-state index < -0.39 is 5.91 Å². The van der Waals surface area contributed by atoms with Crippen LogP contribution in [0.4, 0.5) is 5.82 Å². The van der Waals surface area contributed by atoms with Crippen LogP contribution in [0.1, 0.15) is 27.3 Å². The van der Waals surface area contributed by atoms with Crippen molar-refractivity contribution in [2.75, 3.05) is 51.4 Å². The molecule has 16 heteroatoms. The van der Waals surface area contributed by atoms with Crippen molar-refractivity contribution >= 4 is 45.8 Å². The number of anilines is 1. The molecule has 3 aromatic rings. The van der Waals surface area contributed by atoms with E-state index >= 15 is 0 Å². The van der Waals surface area contributed by atoms with E-state index in [1.807, 2.05) is 18.2 Å². The van der Waals surface area contributed by atoms with Crippen LogP contribution in [0.3, 0.4) is 0 Å². The van der Waals surface area contributed by atoms with Gasteiger partial charge in [0.1, 0.15) is 15.8 Å². The van der Waals surface area contributed by atoms with Crippen LogP contribution in [0.15, 0.2) is 32.9 Å². The van der Waals surface area contributed by atoms with Crippen LogP contribution in [0.5, 0.6) is 5.75 Å². The first-order valence-electron chi connectivity index (χ1n) is 11.8. The molecule has 1 saturated heterocycles. The van der Waals surface area contributed by atoms with Crippen molar-refractivity contribution < 1.29 is 18.9 Å². The Morgan fingerprint density at radius 1 is 1.34 bits per heavy atom. The number of morpholine rings is 1. The third-order valence-corrected chi connectivity index (χ3v) is 8.02. The molecule has 1 aromatic carbocycles. The van der Waals surface area contributed by atoms with Gasteiger partial charge >= 0.3 is 0 Å². The Kier molecular flexibility index (Phi) is 8.52. The standard InChI is InChI=1S/C22H26N10O4S2/c1-34-17-3-2-14(10-15(17)13-38-22-24-4-9-37-22)11-25-27-21(33)18-16(12-31-5-7-35-8-6-31)26-30-32(18)20-19(23)28-36-29-20/h2-3,10-11H,4-9,12-13H2,1H3,(H2,23,28)(H,27,33)/b25-11-. The normalized spacial score (nSPS) is 16.2. The Balaban J connectivity index is 1.32. The number of hydrazone groups is 1. The van der Waals surface area contributed by atoms with E-state index in [1.54, 1.807) is 36.8 Å². The number of ether oxygens (including phenoxy) is 2. The smallest absolute Gasteiger partial charge is 0.292 e. The van der Waals surface area contributed by atoms with E-state index in [1.165, 1.54) is 4.68 Å². The lowest BCUT2D eigenvalue weighted by Crippen LogP contribution is -2.36.